The van der Waals surface area contributed by atoms with E-state index in [4.69, 9.17) is 0 Å². The molecule has 1 aromatic heterocycles. The molecule has 0 unspecified atom stereocenters. The number of hydrogen-bond donors (Lipinski definition) is 1. The van der Waals surface area contributed by atoms with Crippen molar-refractivity contribution in [2.75, 3.05) is 19.6 Å². The normalized spacial score (nSPS) is 15.5. The van der Waals surface area contributed by atoms with Gasteiger partial charge in [0, 0.05) is 42.8 Å². The highest BCUT2D eigenvalue weighted by Gasteiger charge is 2.23. The fourth-order valence-electron chi connectivity index (χ4n) is 3.81. The molecule has 1 aliphatic heterocycles. The van der Waals surface area contributed by atoms with E-state index in [0.29, 0.717) is 5.56 Å². The number of rotatable bonds is 5. The zero-order valence-corrected chi connectivity index (χ0v) is 17.3. The molecule has 0 radical (unpaired) electrons. The number of aryl methyl sites for hydroxylation is 1. The lowest BCUT2D eigenvalue weighted by Crippen LogP contribution is -2.44. The van der Waals surface area contributed by atoms with Crippen LogP contribution in [0.3, 0.4) is 0 Å². The number of aromatic nitrogens is 1. The average Bonchev–Trinajstić information content (AvgIpc) is 2.96. The molecule has 1 aliphatic rings. The van der Waals surface area contributed by atoms with E-state index < -0.39 is 0 Å². The van der Waals surface area contributed by atoms with Crippen molar-refractivity contribution in [2.24, 2.45) is 0 Å². The van der Waals surface area contributed by atoms with Gasteiger partial charge in [-0.1, -0.05) is 11.6 Å². The molecule has 28 heavy (non-hydrogen) atoms. The number of piperidine rings is 1. The molecule has 0 saturated carbocycles. The van der Waals surface area contributed by atoms with Gasteiger partial charge >= 0.3 is 0 Å². The highest BCUT2D eigenvalue weighted by Crippen LogP contribution is 2.22. The van der Waals surface area contributed by atoms with Crippen LogP contribution in [-0.4, -0.2) is 41.1 Å². The summed E-state index contributed by atoms with van der Waals surface area (Å²) >= 11 is 0. The summed E-state index contributed by atoms with van der Waals surface area (Å²) < 4.78 is 15.2. The second kappa shape index (κ2) is 8.74. The molecule has 3 rings (SSSR count). The van der Waals surface area contributed by atoms with Crippen LogP contribution >= 0.6 is 0 Å². The lowest BCUT2D eigenvalue weighted by molar-refractivity contribution is 0.0913. The molecule has 2 heterocycles. The molecule has 1 N–H and O–H groups in total. The zero-order valence-electron chi connectivity index (χ0n) is 17.3. The van der Waals surface area contributed by atoms with Gasteiger partial charge in [0.15, 0.2) is 0 Å². The molecule has 0 atom stereocenters. The Kier molecular flexibility index (Phi) is 6.35. The van der Waals surface area contributed by atoms with E-state index >= 15 is 0 Å². The van der Waals surface area contributed by atoms with Gasteiger partial charge in [-0.2, -0.15) is 0 Å². The van der Waals surface area contributed by atoms with Gasteiger partial charge in [-0.05, 0) is 70.9 Å². The maximum atomic E-state index is 13.2. The van der Waals surface area contributed by atoms with Crippen molar-refractivity contribution in [2.45, 2.75) is 46.6 Å². The van der Waals surface area contributed by atoms with Crippen molar-refractivity contribution < 1.29 is 9.18 Å². The van der Waals surface area contributed by atoms with Crippen LogP contribution in [0.15, 0.2) is 42.0 Å². The summed E-state index contributed by atoms with van der Waals surface area (Å²) in [6.07, 6.45) is 4.20. The van der Waals surface area contributed by atoms with Gasteiger partial charge in [0.05, 0.1) is 5.56 Å². The van der Waals surface area contributed by atoms with E-state index in [0.717, 1.165) is 49.6 Å². The summed E-state index contributed by atoms with van der Waals surface area (Å²) in [6, 6.07) is 8.48. The third-order valence-corrected chi connectivity index (χ3v) is 5.44. The molecule has 150 valence electrons. The Bertz CT molecular complexity index is 855. The van der Waals surface area contributed by atoms with E-state index in [1.54, 1.807) is 12.1 Å². The van der Waals surface area contributed by atoms with Crippen LogP contribution in [0.2, 0.25) is 0 Å². The van der Waals surface area contributed by atoms with Crippen molar-refractivity contribution in [1.29, 1.82) is 0 Å². The Morgan fingerprint density at radius 1 is 1.18 bits per heavy atom. The molecule has 0 aliphatic carbocycles. The van der Waals surface area contributed by atoms with Crippen LogP contribution in [0.25, 0.3) is 5.69 Å². The van der Waals surface area contributed by atoms with Crippen molar-refractivity contribution in [1.82, 2.24) is 14.8 Å². The predicted molar refractivity (Wildman–Crippen MR) is 112 cm³/mol. The molecular formula is C23H30FN3O. The maximum Gasteiger partial charge on any atom is 0.253 e. The molecule has 2 aromatic rings. The Morgan fingerprint density at radius 3 is 2.43 bits per heavy atom. The van der Waals surface area contributed by atoms with Crippen LogP contribution in [-0.2, 0) is 0 Å². The topological polar surface area (TPSA) is 37.3 Å². The van der Waals surface area contributed by atoms with Crippen LogP contribution in [0, 0.1) is 19.7 Å². The van der Waals surface area contributed by atoms with Gasteiger partial charge in [-0.25, -0.2) is 4.39 Å². The SMILES string of the molecule is CC(C)=CCN1CCC(NC(=O)c2cc(C)n(-c3ccc(F)cc3)c2C)CC1. The molecule has 0 spiro atoms. The smallest absolute Gasteiger partial charge is 0.253 e. The number of carbonyl (C=O) groups excluding carboxylic acids is 1. The molecular weight excluding hydrogens is 353 g/mol. The van der Waals surface area contributed by atoms with E-state index in [9.17, 15) is 9.18 Å². The molecule has 1 amide bonds. The van der Waals surface area contributed by atoms with Crippen LogP contribution < -0.4 is 5.32 Å². The summed E-state index contributed by atoms with van der Waals surface area (Å²) in [5, 5.41) is 3.21. The fraction of sp³-hybridized carbons (Fsp3) is 0.435. The average molecular weight is 384 g/mol. The van der Waals surface area contributed by atoms with Gasteiger partial charge in [-0.3, -0.25) is 9.69 Å². The van der Waals surface area contributed by atoms with Gasteiger partial charge in [-0.15, -0.1) is 0 Å². The summed E-state index contributed by atoms with van der Waals surface area (Å²) in [5.41, 5.74) is 4.73. The van der Waals surface area contributed by atoms with Crippen molar-refractivity contribution in [3.8, 4) is 5.69 Å². The van der Waals surface area contributed by atoms with Gasteiger partial charge in [0.25, 0.3) is 5.91 Å². The number of allylic oxidation sites excluding steroid dienone is 1. The largest absolute Gasteiger partial charge is 0.349 e. The first-order valence-electron chi connectivity index (χ1n) is 9.96. The summed E-state index contributed by atoms with van der Waals surface area (Å²) in [6.45, 7) is 11.1. The molecule has 0 bridgehead atoms. The van der Waals surface area contributed by atoms with Crippen LogP contribution in [0.5, 0.6) is 0 Å². The number of halogens is 1. The number of carbonyl (C=O) groups is 1. The number of nitrogens with zero attached hydrogens (tertiary/aromatic N) is 2. The van der Waals surface area contributed by atoms with Crippen molar-refractivity contribution in [3.63, 3.8) is 0 Å². The Hall–Kier alpha value is -2.40. The molecule has 1 aromatic carbocycles. The first-order valence-corrected chi connectivity index (χ1v) is 9.96. The number of amides is 1. The van der Waals surface area contributed by atoms with Gasteiger partial charge in [0.2, 0.25) is 0 Å². The molecule has 1 saturated heterocycles. The molecule has 4 nitrogen and oxygen atoms in total. The number of likely N-dealkylation sites (tertiary alicyclic amines) is 1. The summed E-state index contributed by atoms with van der Waals surface area (Å²) in [4.78, 5) is 15.3. The predicted octanol–water partition coefficient (Wildman–Crippen LogP) is 4.39. The molecule has 1 fully saturated rings. The van der Waals surface area contributed by atoms with Gasteiger partial charge in [0.1, 0.15) is 5.82 Å². The van der Waals surface area contributed by atoms with E-state index in [-0.39, 0.29) is 17.8 Å². The van der Waals surface area contributed by atoms with Crippen molar-refractivity contribution >= 4 is 5.91 Å². The second-order valence-electron chi connectivity index (χ2n) is 7.93. The van der Waals surface area contributed by atoms with Crippen molar-refractivity contribution in [3.05, 3.63) is 64.7 Å². The van der Waals surface area contributed by atoms with E-state index in [1.807, 2.05) is 24.5 Å². The maximum absolute atomic E-state index is 13.2. The van der Waals surface area contributed by atoms with Crippen LogP contribution in [0.1, 0.15) is 48.4 Å². The Morgan fingerprint density at radius 2 is 1.82 bits per heavy atom. The van der Waals surface area contributed by atoms with E-state index in [1.165, 1.54) is 17.7 Å². The summed E-state index contributed by atoms with van der Waals surface area (Å²) in [7, 11) is 0. The third kappa shape index (κ3) is 4.71. The standard InChI is InChI=1S/C23H30FN3O/c1-16(2)9-12-26-13-10-20(11-14-26)25-23(28)22-15-17(3)27(18(22)4)21-7-5-19(24)6-8-21/h5-9,15,20H,10-14H2,1-4H3,(H,25,28). The minimum atomic E-state index is -0.264. The fourth-order valence-corrected chi connectivity index (χ4v) is 3.81. The minimum Gasteiger partial charge on any atom is -0.349 e. The summed E-state index contributed by atoms with van der Waals surface area (Å²) in [5.74, 6) is -0.288. The Balaban J connectivity index is 1.65. The first-order chi connectivity index (χ1) is 13.3. The first kappa shape index (κ1) is 20.3. The highest BCUT2D eigenvalue weighted by atomic mass is 19.1. The number of nitrogens with one attached hydrogen (secondary N) is 1. The lowest BCUT2D eigenvalue weighted by Gasteiger charge is -2.31. The number of benzene rings is 1. The van der Waals surface area contributed by atoms with Gasteiger partial charge < -0.3 is 9.88 Å². The molecule has 5 heteroatoms. The third-order valence-electron chi connectivity index (χ3n) is 5.44. The van der Waals surface area contributed by atoms with Crippen LogP contribution in [0.4, 0.5) is 4.39 Å². The minimum absolute atomic E-state index is 0.0239. The van der Waals surface area contributed by atoms with E-state index in [2.05, 4.69) is 30.1 Å². The lowest BCUT2D eigenvalue weighted by atomic mass is 10.0. The number of hydrogen-bond acceptors (Lipinski definition) is 2. The highest BCUT2D eigenvalue weighted by molar-refractivity contribution is 5.96. The monoisotopic (exact) mass is 383 g/mol. The quantitative estimate of drug-likeness (QED) is 0.778. The second-order valence-corrected chi connectivity index (χ2v) is 7.93. The zero-order chi connectivity index (χ0) is 20.3. The Labute approximate surface area is 167 Å².